The Morgan fingerprint density at radius 1 is 0.702 bits per heavy atom. The van der Waals surface area contributed by atoms with Gasteiger partial charge in [-0.2, -0.15) is 0 Å². The molecule has 84 heavy (non-hydrogen) atoms. The summed E-state index contributed by atoms with van der Waals surface area (Å²) < 4.78 is 32.8. The number of aryl methyl sites for hydroxylation is 6. The molecule has 16 atom stereocenters. The molecule has 3 aromatic carbocycles. The van der Waals surface area contributed by atoms with Crippen molar-refractivity contribution in [2.24, 2.45) is 23.7 Å². The fraction of sp³-hybridized carbons (Fsp3) is 0.718. The maximum atomic E-state index is 14.8. The van der Waals surface area contributed by atoms with Gasteiger partial charge in [0.1, 0.15) is 17.8 Å². The third-order valence-corrected chi connectivity index (χ3v) is 24.8. The van der Waals surface area contributed by atoms with Gasteiger partial charge in [0, 0.05) is 31.9 Å². The zero-order valence-corrected chi connectivity index (χ0v) is 56.6. The SMILES string of the molecule is CC[C@H]1OC(=O)[C@H](C)[C@@H](C2C[C@@](C)(OC)[C@@H](O)[C@H](C)O2)[C@H](C)[C@@H](O[C@H]2C[C@@H](N(C)C)C[C@@H](C)O2)[C@](C)(O)C[C@@H](C)CN(C(=O)CCCCCCCCC[PH](c2cc(C)cc(C)c2)(c2cc(C)cc(C)c2)c2cc(C)cc(C)c2)[C@H](C)C[C@]1(C)O. The van der Waals surface area contributed by atoms with Crippen molar-refractivity contribution < 1.29 is 48.6 Å². The van der Waals surface area contributed by atoms with Crippen molar-refractivity contribution in [1.29, 1.82) is 0 Å². The number of methoxy groups -OCH3 is 1. The van der Waals surface area contributed by atoms with E-state index in [9.17, 15) is 24.9 Å². The molecule has 3 fully saturated rings. The number of rotatable bonds is 19. The Morgan fingerprint density at radius 3 is 1.69 bits per heavy atom. The molecule has 1 unspecified atom stereocenters. The smallest absolute Gasteiger partial charge is 0.386 e. The Hall–Kier alpha value is -3.29. The van der Waals surface area contributed by atoms with Crippen LogP contribution in [0.15, 0.2) is 54.6 Å². The van der Waals surface area contributed by atoms with Gasteiger partial charge in [-0.15, -0.1) is 0 Å². The zero-order valence-electron chi connectivity index (χ0n) is 55.6. The van der Waals surface area contributed by atoms with Gasteiger partial charge in [0.05, 0.1) is 41.5 Å². The number of hydrogen-bond acceptors (Lipinski definition) is 11. The monoisotopic (exact) mass is 1190 g/mol. The fourth-order valence-corrected chi connectivity index (χ4v) is 21.2. The molecule has 0 spiro atoms. The van der Waals surface area contributed by atoms with Crippen LogP contribution in [0.1, 0.15) is 193 Å². The average molecular weight is 1190 g/mol. The van der Waals surface area contributed by atoms with Crippen LogP contribution >= 0.6 is 7.26 Å². The number of benzene rings is 3. The molecule has 3 saturated heterocycles. The van der Waals surface area contributed by atoms with E-state index in [2.05, 4.69) is 129 Å². The minimum Gasteiger partial charge on any atom is -0.386 e. The van der Waals surface area contributed by atoms with E-state index in [1.165, 1.54) is 49.3 Å². The third kappa shape index (κ3) is 17.3. The Balaban J connectivity index is 1.20. The van der Waals surface area contributed by atoms with E-state index in [1.807, 2.05) is 53.4 Å². The molecular weight excluding hydrogens is 1070 g/mol. The first kappa shape index (κ1) is 69.8. The Morgan fingerprint density at radius 2 is 1.20 bits per heavy atom. The minimum absolute atomic E-state index is 0.0192. The van der Waals surface area contributed by atoms with Gasteiger partial charge in [0.2, 0.25) is 0 Å². The average Bonchev–Trinajstić information content (AvgIpc) is 1.90. The van der Waals surface area contributed by atoms with Crippen molar-refractivity contribution in [2.45, 2.75) is 272 Å². The number of aliphatic hydroxyl groups is 3. The van der Waals surface area contributed by atoms with Crippen LogP contribution in [-0.4, -0.2) is 143 Å². The van der Waals surface area contributed by atoms with Gasteiger partial charge in [0.15, 0.2) is 6.29 Å². The first-order valence-electron chi connectivity index (χ1n) is 32.4. The van der Waals surface area contributed by atoms with Crippen LogP contribution < -0.4 is 15.9 Å². The van der Waals surface area contributed by atoms with Gasteiger partial charge in [-0.1, -0.05) is 27.7 Å². The molecule has 3 N–H and O–H groups in total. The molecule has 3 aliphatic heterocycles. The number of hydrogen-bond donors (Lipinski definition) is 3. The number of amides is 1. The second-order valence-corrected chi connectivity index (χ2v) is 32.3. The van der Waals surface area contributed by atoms with Crippen LogP contribution in [0.25, 0.3) is 0 Å². The van der Waals surface area contributed by atoms with Gasteiger partial charge >= 0.3 is 244 Å². The molecule has 3 heterocycles. The number of nitrogens with zero attached hydrogens (tertiary/aromatic N) is 2. The number of esters is 1. The summed E-state index contributed by atoms with van der Waals surface area (Å²) in [6.45, 7) is 32.9. The number of carbonyl (C=O) groups is 2. The number of unbranched alkanes of at least 4 members (excludes halogenated alkanes) is 6. The van der Waals surface area contributed by atoms with Crippen molar-refractivity contribution in [3.05, 3.63) is 88.0 Å². The summed E-state index contributed by atoms with van der Waals surface area (Å²) in [5, 5.41) is 41.4. The molecule has 0 saturated carbocycles. The molecular formula is C71H115N2O10P. The molecule has 13 heteroatoms. The number of aliphatic hydroxyl groups excluding tert-OH is 1. The summed E-state index contributed by atoms with van der Waals surface area (Å²) in [6, 6.07) is 21.5. The summed E-state index contributed by atoms with van der Waals surface area (Å²) >= 11 is 0. The van der Waals surface area contributed by atoms with Crippen LogP contribution in [0.2, 0.25) is 0 Å². The predicted octanol–water partition coefficient (Wildman–Crippen LogP) is 11.8. The normalized spacial score (nSPS) is 33.5. The number of ether oxygens (including phenoxy) is 5. The first-order valence-corrected chi connectivity index (χ1v) is 34.6. The first-order chi connectivity index (χ1) is 39.3. The molecule has 474 valence electrons. The van der Waals surface area contributed by atoms with Crippen LogP contribution in [0.3, 0.4) is 0 Å². The molecule has 12 nitrogen and oxygen atoms in total. The minimum atomic E-state index is -2.45. The number of carbonyl (C=O) groups excluding carboxylic acids is 2. The molecule has 0 aliphatic carbocycles. The van der Waals surface area contributed by atoms with Gasteiger partial charge in [-0.3, -0.25) is 4.79 Å². The van der Waals surface area contributed by atoms with Gasteiger partial charge in [-0.25, -0.2) is 0 Å². The maximum absolute atomic E-state index is 14.8. The van der Waals surface area contributed by atoms with Crippen molar-refractivity contribution in [3.8, 4) is 0 Å². The second kappa shape index (κ2) is 29.8. The van der Waals surface area contributed by atoms with Crippen molar-refractivity contribution >= 4 is 35.1 Å². The van der Waals surface area contributed by atoms with E-state index < -0.39 is 90.6 Å². The van der Waals surface area contributed by atoms with E-state index in [0.29, 0.717) is 25.8 Å². The van der Waals surface area contributed by atoms with Crippen molar-refractivity contribution in [1.82, 2.24) is 9.80 Å². The van der Waals surface area contributed by atoms with Crippen molar-refractivity contribution in [2.75, 3.05) is 33.9 Å². The summed E-state index contributed by atoms with van der Waals surface area (Å²) in [5.74, 6) is -2.61. The molecule has 0 bridgehead atoms. The van der Waals surface area contributed by atoms with E-state index in [1.54, 1.807) is 14.0 Å². The summed E-state index contributed by atoms with van der Waals surface area (Å²) in [6.07, 6.45) is 6.65. The molecule has 3 aliphatic rings. The molecule has 0 aromatic heterocycles. The zero-order chi connectivity index (χ0) is 62.2. The van der Waals surface area contributed by atoms with E-state index >= 15 is 0 Å². The third-order valence-electron chi connectivity index (χ3n) is 19.8. The summed E-state index contributed by atoms with van der Waals surface area (Å²) in [7, 11) is 3.26. The van der Waals surface area contributed by atoms with Crippen LogP contribution in [-0.2, 0) is 33.3 Å². The topological polar surface area (TPSA) is 147 Å². The standard InChI is InChI=1S/C71H115N2O10P/c1-20-62-69(14,77)42-52(9)73(63(74)28-26-24-22-21-23-25-27-29-84(58-33-45(2)30-46(3)34-58,59-35-47(4)31-48(5)36-59)60-37-49(6)32-50(7)38-60)44-51(8)41-70(15,78)67(83-64-40-57(72(17)18)39-53(10)80-64)54(11)65(55(12)68(76)82-62)61-43-71(16,79-19)66(75)56(13)81-61/h30-38,51-57,61-62,64-67,75,77-78,84H,20-29,39-44H2,1-19H3/t51-,52-,53-,54+,55-,56+,57+,61?,62-,64+,65+,66+,67-,69+,70-,71-/m1/s1. The second-order valence-electron chi connectivity index (χ2n) is 28.3. The Kier molecular flexibility index (Phi) is 24.8. The molecule has 3 aromatic rings. The van der Waals surface area contributed by atoms with Crippen molar-refractivity contribution in [3.63, 3.8) is 0 Å². The molecule has 1 amide bonds. The molecule has 6 rings (SSSR count). The Labute approximate surface area is 509 Å². The molecule has 0 radical (unpaired) electrons. The number of cyclic esters (lactones) is 1. The fourth-order valence-electron chi connectivity index (χ4n) is 15.7. The van der Waals surface area contributed by atoms with Crippen LogP contribution in [0, 0.1) is 65.2 Å². The summed E-state index contributed by atoms with van der Waals surface area (Å²) in [4.78, 5) is 33.7. The Bertz CT molecular complexity index is 2440. The van der Waals surface area contributed by atoms with Crippen LogP contribution in [0.5, 0.6) is 0 Å². The van der Waals surface area contributed by atoms with E-state index in [0.717, 1.165) is 57.5 Å². The van der Waals surface area contributed by atoms with E-state index in [4.69, 9.17) is 23.7 Å². The van der Waals surface area contributed by atoms with Gasteiger partial charge in [0.25, 0.3) is 0 Å². The van der Waals surface area contributed by atoms with Gasteiger partial charge < -0.3 is 43.9 Å². The van der Waals surface area contributed by atoms with Gasteiger partial charge in [-0.05, 0) is 93.2 Å². The summed E-state index contributed by atoms with van der Waals surface area (Å²) in [5.41, 5.74) is 3.94. The predicted molar refractivity (Wildman–Crippen MR) is 346 cm³/mol. The van der Waals surface area contributed by atoms with E-state index in [-0.39, 0.29) is 43.2 Å². The van der Waals surface area contributed by atoms with Crippen LogP contribution in [0.4, 0.5) is 0 Å². The quantitative estimate of drug-likeness (QED) is 0.0599.